The Morgan fingerprint density at radius 3 is 2.67 bits per heavy atom. The second-order valence-electron chi connectivity index (χ2n) is 10.6. The molecule has 0 unspecified atom stereocenters. The van der Waals surface area contributed by atoms with Crippen LogP contribution in [0.5, 0.6) is 0 Å². The fraction of sp³-hybridized carbons (Fsp3) is 0.630. The standard InChI is InChI=1S/C27H39N5O3S/c1-2-31-20-23(18-29-31)36(34,35)32-19-22-11-7-15-30-16-8-12-24(27(22)30)25(32)13-6-14-26(33)28-17-21-9-4-3-5-10-21/h3-5,9-10,18,20,22,24-25,27H,2,6-8,11-17,19H2,1H3,(H,28,33)/t22-,24+,25+,27-/m0/s1. The molecule has 36 heavy (non-hydrogen) atoms. The second kappa shape index (κ2) is 11.0. The number of carbonyl (C=O) groups excluding carboxylic acids is 1. The summed E-state index contributed by atoms with van der Waals surface area (Å²) < 4.78 is 31.3. The minimum Gasteiger partial charge on any atom is -0.352 e. The lowest BCUT2D eigenvalue weighted by molar-refractivity contribution is -0.121. The first-order chi connectivity index (χ1) is 17.5. The number of sulfonamides is 1. The Hall–Kier alpha value is -2.23. The summed E-state index contributed by atoms with van der Waals surface area (Å²) in [5.74, 6) is 0.723. The Balaban J connectivity index is 1.31. The zero-order valence-corrected chi connectivity index (χ0v) is 22.1. The van der Waals surface area contributed by atoms with E-state index in [4.69, 9.17) is 0 Å². The van der Waals surface area contributed by atoms with E-state index < -0.39 is 10.0 Å². The first-order valence-electron chi connectivity index (χ1n) is 13.6. The van der Waals surface area contributed by atoms with Gasteiger partial charge in [0, 0.05) is 44.3 Å². The molecule has 0 saturated carbocycles. The van der Waals surface area contributed by atoms with E-state index in [1.807, 2.05) is 37.3 Å². The Bertz CT molecular complexity index is 1130. The van der Waals surface area contributed by atoms with Gasteiger partial charge in [-0.3, -0.25) is 14.4 Å². The van der Waals surface area contributed by atoms with Gasteiger partial charge in [-0.1, -0.05) is 30.3 Å². The van der Waals surface area contributed by atoms with Crippen LogP contribution in [-0.2, 0) is 27.9 Å². The van der Waals surface area contributed by atoms with E-state index in [0.29, 0.717) is 56.8 Å². The Labute approximate surface area is 215 Å². The van der Waals surface area contributed by atoms with Crippen LogP contribution in [-0.4, -0.2) is 65.0 Å². The van der Waals surface area contributed by atoms with Crippen molar-refractivity contribution in [1.82, 2.24) is 24.3 Å². The van der Waals surface area contributed by atoms with Gasteiger partial charge in [-0.05, 0) is 75.9 Å². The van der Waals surface area contributed by atoms with Crippen LogP contribution in [0.3, 0.4) is 0 Å². The van der Waals surface area contributed by atoms with Crippen molar-refractivity contribution in [2.24, 2.45) is 11.8 Å². The first-order valence-corrected chi connectivity index (χ1v) is 15.0. The average molecular weight is 514 g/mol. The summed E-state index contributed by atoms with van der Waals surface area (Å²) in [5, 5.41) is 7.26. The molecule has 2 aromatic rings. The van der Waals surface area contributed by atoms with E-state index in [2.05, 4.69) is 15.3 Å². The summed E-state index contributed by atoms with van der Waals surface area (Å²) in [5.41, 5.74) is 1.08. The van der Waals surface area contributed by atoms with Crippen molar-refractivity contribution in [2.75, 3.05) is 19.6 Å². The summed E-state index contributed by atoms with van der Waals surface area (Å²) in [7, 11) is -3.65. The summed E-state index contributed by atoms with van der Waals surface area (Å²) in [6.07, 6.45) is 9.36. The van der Waals surface area contributed by atoms with Crippen molar-refractivity contribution in [1.29, 1.82) is 0 Å². The van der Waals surface area contributed by atoms with Gasteiger partial charge in [-0.15, -0.1) is 0 Å². The molecular weight excluding hydrogens is 474 g/mol. The zero-order valence-electron chi connectivity index (χ0n) is 21.3. The van der Waals surface area contributed by atoms with Crippen molar-refractivity contribution in [3.8, 4) is 0 Å². The molecule has 0 bridgehead atoms. The number of hydrogen-bond acceptors (Lipinski definition) is 5. The van der Waals surface area contributed by atoms with Crippen LogP contribution in [0.4, 0.5) is 0 Å². The number of aromatic nitrogens is 2. The maximum atomic E-state index is 13.9. The van der Waals surface area contributed by atoms with Crippen LogP contribution < -0.4 is 5.32 Å². The monoisotopic (exact) mass is 513 g/mol. The normalized spacial score (nSPS) is 26.9. The van der Waals surface area contributed by atoms with Crippen molar-refractivity contribution < 1.29 is 13.2 Å². The SMILES string of the molecule is CCn1cc(S(=O)(=O)N2C[C@@H]3CCCN4CCC[C@@H]([C@H]34)[C@H]2CCCC(=O)NCc2ccccc2)cn1. The molecule has 9 heteroatoms. The van der Waals surface area contributed by atoms with Crippen LogP contribution in [0, 0.1) is 11.8 Å². The summed E-state index contributed by atoms with van der Waals surface area (Å²) in [6.45, 7) is 5.94. The molecular formula is C27H39N5O3S. The third kappa shape index (κ3) is 5.24. The molecule has 0 spiro atoms. The van der Waals surface area contributed by atoms with Crippen LogP contribution >= 0.6 is 0 Å². The zero-order chi connectivity index (χ0) is 25.1. The highest BCUT2D eigenvalue weighted by Gasteiger charge is 2.51. The van der Waals surface area contributed by atoms with Gasteiger partial charge in [0.15, 0.2) is 0 Å². The minimum absolute atomic E-state index is 0.0223. The number of aryl methyl sites for hydroxylation is 1. The lowest BCUT2D eigenvalue weighted by Gasteiger charge is -2.57. The highest BCUT2D eigenvalue weighted by atomic mass is 32.2. The molecule has 3 fully saturated rings. The summed E-state index contributed by atoms with van der Waals surface area (Å²) >= 11 is 0. The van der Waals surface area contributed by atoms with Gasteiger partial charge < -0.3 is 5.32 Å². The van der Waals surface area contributed by atoms with E-state index in [1.54, 1.807) is 15.2 Å². The largest absolute Gasteiger partial charge is 0.352 e. The predicted octanol–water partition coefficient (Wildman–Crippen LogP) is 3.25. The quantitative estimate of drug-likeness (QED) is 0.556. The van der Waals surface area contributed by atoms with Crippen molar-refractivity contribution in [3.05, 3.63) is 48.3 Å². The van der Waals surface area contributed by atoms with E-state index >= 15 is 0 Å². The number of hydrogen-bond donors (Lipinski definition) is 1. The molecule has 0 aliphatic carbocycles. The fourth-order valence-electron chi connectivity index (χ4n) is 6.73. The highest BCUT2D eigenvalue weighted by Crippen LogP contribution is 2.45. The minimum atomic E-state index is -3.65. The Morgan fingerprint density at radius 2 is 1.92 bits per heavy atom. The third-order valence-corrected chi connectivity index (χ3v) is 10.2. The molecule has 3 aliphatic rings. The number of nitrogens with zero attached hydrogens (tertiary/aromatic N) is 4. The maximum absolute atomic E-state index is 13.9. The number of piperidine rings is 3. The van der Waals surface area contributed by atoms with Gasteiger partial charge in [0.05, 0.1) is 6.20 Å². The molecule has 5 rings (SSSR count). The Kier molecular flexibility index (Phi) is 7.79. The number of amides is 1. The van der Waals surface area contributed by atoms with Gasteiger partial charge in [0.2, 0.25) is 15.9 Å². The lowest BCUT2D eigenvalue weighted by atomic mass is 9.70. The van der Waals surface area contributed by atoms with Crippen LogP contribution in [0.25, 0.3) is 0 Å². The summed E-state index contributed by atoms with van der Waals surface area (Å²) in [6, 6.07) is 10.3. The van der Waals surface area contributed by atoms with Gasteiger partial charge in [0.25, 0.3) is 0 Å². The molecule has 1 aromatic heterocycles. The van der Waals surface area contributed by atoms with Gasteiger partial charge >= 0.3 is 0 Å². The summed E-state index contributed by atoms with van der Waals surface area (Å²) in [4.78, 5) is 15.5. The lowest BCUT2D eigenvalue weighted by Crippen LogP contribution is -2.65. The van der Waals surface area contributed by atoms with Crippen LogP contribution in [0.2, 0.25) is 0 Å². The molecule has 1 N–H and O–H groups in total. The first kappa shape index (κ1) is 25.4. The number of rotatable bonds is 9. The topological polar surface area (TPSA) is 87.5 Å². The molecule has 4 heterocycles. The molecule has 0 radical (unpaired) electrons. The van der Waals surface area contributed by atoms with Gasteiger partial charge in [-0.25, -0.2) is 8.42 Å². The van der Waals surface area contributed by atoms with Crippen molar-refractivity contribution in [2.45, 2.75) is 81.9 Å². The Morgan fingerprint density at radius 1 is 1.14 bits per heavy atom. The third-order valence-electron chi connectivity index (χ3n) is 8.40. The second-order valence-corrected chi connectivity index (χ2v) is 12.5. The highest BCUT2D eigenvalue weighted by molar-refractivity contribution is 7.89. The van der Waals surface area contributed by atoms with Gasteiger partial charge in [-0.2, -0.15) is 9.40 Å². The van der Waals surface area contributed by atoms with E-state index in [1.165, 1.54) is 6.20 Å². The molecule has 3 aliphatic heterocycles. The van der Waals surface area contributed by atoms with Crippen molar-refractivity contribution >= 4 is 15.9 Å². The average Bonchev–Trinajstić information content (AvgIpc) is 3.40. The van der Waals surface area contributed by atoms with Crippen molar-refractivity contribution in [3.63, 3.8) is 0 Å². The number of benzene rings is 1. The molecule has 196 valence electrons. The van der Waals surface area contributed by atoms with E-state index in [0.717, 1.165) is 44.3 Å². The molecule has 4 atom stereocenters. The van der Waals surface area contributed by atoms with Crippen LogP contribution in [0.1, 0.15) is 57.4 Å². The van der Waals surface area contributed by atoms with Crippen LogP contribution in [0.15, 0.2) is 47.6 Å². The van der Waals surface area contributed by atoms with Gasteiger partial charge in [0.1, 0.15) is 4.90 Å². The van der Waals surface area contributed by atoms with E-state index in [-0.39, 0.29) is 16.8 Å². The maximum Gasteiger partial charge on any atom is 0.246 e. The van der Waals surface area contributed by atoms with E-state index in [9.17, 15) is 13.2 Å². The smallest absolute Gasteiger partial charge is 0.246 e. The molecule has 1 amide bonds. The molecule has 3 saturated heterocycles. The number of nitrogens with one attached hydrogen (secondary N) is 1. The molecule has 8 nitrogen and oxygen atoms in total. The predicted molar refractivity (Wildman–Crippen MR) is 139 cm³/mol. The number of carbonyl (C=O) groups is 1. The molecule has 1 aromatic carbocycles. The fourth-order valence-corrected chi connectivity index (χ4v) is 8.45.